The van der Waals surface area contributed by atoms with E-state index in [0.29, 0.717) is 36.7 Å². The zero-order valence-electron chi connectivity index (χ0n) is 15.6. The third kappa shape index (κ3) is 4.39. The maximum Gasteiger partial charge on any atom is 0.239 e. The first-order chi connectivity index (χ1) is 13.1. The lowest BCUT2D eigenvalue weighted by molar-refractivity contribution is -0.132. The molecule has 0 spiro atoms. The van der Waals surface area contributed by atoms with Crippen LogP contribution < -0.4 is 19.7 Å². The summed E-state index contributed by atoms with van der Waals surface area (Å²) in [6.45, 7) is 1.01. The molecule has 2 aromatic rings. The van der Waals surface area contributed by atoms with E-state index < -0.39 is 5.92 Å². The second kappa shape index (κ2) is 8.58. The number of hydrogen-bond donors (Lipinski definition) is 1. The summed E-state index contributed by atoms with van der Waals surface area (Å²) in [4.78, 5) is 26.8. The number of nitrogens with zero attached hydrogens (tertiary/aromatic N) is 1. The van der Waals surface area contributed by atoms with E-state index in [-0.39, 0.29) is 11.8 Å². The lowest BCUT2D eigenvalue weighted by Crippen LogP contribution is -2.37. The van der Waals surface area contributed by atoms with Crippen molar-refractivity contribution >= 4 is 17.5 Å². The molecular formula is C21H24N2O4. The third-order valence-electron chi connectivity index (χ3n) is 4.73. The first kappa shape index (κ1) is 18.8. The first-order valence-electron chi connectivity index (χ1n) is 8.98. The van der Waals surface area contributed by atoms with Crippen LogP contribution in [-0.4, -0.2) is 39.1 Å². The van der Waals surface area contributed by atoms with Crippen LogP contribution in [0.15, 0.2) is 48.5 Å². The minimum atomic E-state index is -0.655. The van der Waals surface area contributed by atoms with Crippen LogP contribution in [0, 0.1) is 5.92 Å². The lowest BCUT2D eigenvalue weighted by atomic mass is 10.1. The van der Waals surface area contributed by atoms with Crippen LogP contribution in [0.1, 0.15) is 12.0 Å². The number of ether oxygens (including phenoxy) is 2. The molecule has 2 amide bonds. The largest absolute Gasteiger partial charge is 0.497 e. The highest BCUT2D eigenvalue weighted by Crippen LogP contribution is 2.32. The number of amides is 2. The number of methoxy groups -OCH3 is 2. The van der Waals surface area contributed by atoms with Gasteiger partial charge in [0.05, 0.1) is 19.9 Å². The molecule has 1 heterocycles. The maximum absolute atomic E-state index is 12.8. The van der Waals surface area contributed by atoms with E-state index in [1.165, 1.54) is 0 Å². The standard InChI is InChI=1S/C21H24N2O4/c1-26-17-12-16(13-18(14-17)27-2)23-11-9-19(21(23)25)20(24)22-10-8-15-6-4-3-5-7-15/h3-7,12-14,19H,8-11H2,1-2H3,(H,22,24)/t19-/m1/s1. The maximum atomic E-state index is 12.8. The number of benzene rings is 2. The Balaban J connectivity index is 1.61. The van der Waals surface area contributed by atoms with Crippen molar-refractivity contribution in [1.29, 1.82) is 0 Å². The van der Waals surface area contributed by atoms with Crippen molar-refractivity contribution in [3.8, 4) is 11.5 Å². The van der Waals surface area contributed by atoms with Gasteiger partial charge in [0.2, 0.25) is 11.8 Å². The molecule has 0 aromatic heterocycles. The van der Waals surface area contributed by atoms with E-state index in [4.69, 9.17) is 9.47 Å². The SMILES string of the molecule is COc1cc(OC)cc(N2CC[C@H](C(=O)NCCc3ccccc3)C2=O)c1. The molecule has 1 fully saturated rings. The zero-order valence-corrected chi connectivity index (χ0v) is 15.6. The average Bonchev–Trinajstić information content (AvgIpc) is 3.09. The van der Waals surface area contributed by atoms with Crippen molar-refractivity contribution < 1.29 is 19.1 Å². The highest BCUT2D eigenvalue weighted by atomic mass is 16.5. The van der Waals surface area contributed by atoms with Gasteiger partial charge in [0, 0.05) is 31.3 Å². The van der Waals surface area contributed by atoms with Crippen molar-refractivity contribution in [2.24, 2.45) is 5.92 Å². The molecule has 6 heteroatoms. The van der Waals surface area contributed by atoms with Gasteiger partial charge in [-0.25, -0.2) is 0 Å². The molecule has 0 radical (unpaired) electrons. The quantitative estimate of drug-likeness (QED) is 0.762. The summed E-state index contributed by atoms with van der Waals surface area (Å²) in [5.41, 5.74) is 1.83. The fourth-order valence-electron chi connectivity index (χ4n) is 3.23. The van der Waals surface area contributed by atoms with Crippen LogP contribution in [-0.2, 0) is 16.0 Å². The van der Waals surface area contributed by atoms with E-state index in [9.17, 15) is 9.59 Å². The molecule has 1 atom stereocenters. The smallest absolute Gasteiger partial charge is 0.239 e. The first-order valence-corrected chi connectivity index (χ1v) is 8.98. The highest BCUT2D eigenvalue weighted by Gasteiger charge is 2.37. The summed E-state index contributed by atoms with van der Waals surface area (Å²) in [5, 5.41) is 2.88. The van der Waals surface area contributed by atoms with Crippen molar-refractivity contribution in [2.45, 2.75) is 12.8 Å². The number of hydrogen-bond acceptors (Lipinski definition) is 4. The number of anilines is 1. The van der Waals surface area contributed by atoms with Crippen LogP contribution in [0.25, 0.3) is 0 Å². The van der Waals surface area contributed by atoms with Gasteiger partial charge in [-0.05, 0) is 18.4 Å². The van der Waals surface area contributed by atoms with Gasteiger partial charge in [0.1, 0.15) is 17.4 Å². The Hall–Kier alpha value is -3.02. The molecule has 0 bridgehead atoms. The molecule has 1 aliphatic heterocycles. The van der Waals surface area contributed by atoms with Crippen LogP contribution in [0.4, 0.5) is 5.69 Å². The Labute approximate surface area is 159 Å². The molecular weight excluding hydrogens is 344 g/mol. The van der Waals surface area contributed by atoms with Crippen molar-refractivity contribution in [3.63, 3.8) is 0 Å². The Morgan fingerprint density at radius 2 is 1.78 bits per heavy atom. The van der Waals surface area contributed by atoms with Gasteiger partial charge in [0.25, 0.3) is 0 Å². The molecule has 1 N–H and O–H groups in total. The lowest BCUT2D eigenvalue weighted by Gasteiger charge is -2.18. The van der Waals surface area contributed by atoms with Gasteiger partial charge in [-0.15, -0.1) is 0 Å². The predicted octanol–water partition coefficient (Wildman–Crippen LogP) is 2.42. The Morgan fingerprint density at radius 3 is 2.41 bits per heavy atom. The Morgan fingerprint density at radius 1 is 1.11 bits per heavy atom. The van der Waals surface area contributed by atoms with Crippen LogP contribution in [0.2, 0.25) is 0 Å². The summed E-state index contributed by atoms with van der Waals surface area (Å²) < 4.78 is 10.5. The summed E-state index contributed by atoms with van der Waals surface area (Å²) >= 11 is 0. The average molecular weight is 368 g/mol. The van der Waals surface area contributed by atoms with Gasteiger partial charge in [-0.3, -0.25) is 9.59 Å². The molecule has 0 aliphatic carbocycles. The number of carbonyl (C=O) groups is 2. The highest BCUT2D eigenvalue weighted by molar-refractivity contribution is 6.09. The Bertz CT molecular complexity index is 785. The topological polar surface area (TPSA) is 67.9 Å². The van der Waals surface area contributed by atoms with Gasteiger partial charge in [-0.1, -0.05) is 30.3 Å². The van der Waals surface area contributed by atoms with Gasteiger partial charge < -0.3 is 19.7 Å². The molecule has 0 saturated carbocycles. The molecule has 1 saturated heterocycles. The zero-order chi connectivity index (χ0) is 19.2. The minimum Gasteiger partial charge on any atom is -0.497 e. The second-order valence-corrected chi connectivity index (χ2v) is 6.43. The summed E-state index contributed by atoms with van der Waals surface area (Å²) in [7, 11) is 3.13. The van der Waals surface area contributed by atoms with Crippen molar-refractivity contribution in [2.75, 3.05) is 32.2 Å². The minimum absolute atomic E-state index is 0.192. The fourth-order valence-corrected chi connectivity index (χ4v) is 3.23. The van der Waals surface area contributed by atoms with Crippen LogP contribution in [0.3, 0.4) is 0 Å². The summed E-state index contributed by atoms with van der Waals surface area (Å²) in [5.74, 6) is 0.148. The monoisotopic (exact) mass is 368 g/mol. The molecule has 142 valence electrons. The molecule has 0 unspecified atom stereocenters. The summed E-state index contributed by atoms with van der Waals surface area (Å²) in [6.07, 6.45) is 1.24. The molecule has 27 heavy (non-hydrogen) atoms. The van der Waals surface area contributed by atoms with Gasteiger partial charge in [0.15, 0.2) is 0 Å². The van der Waals surface area contributed by atoms with Crippen molar-refractivity contribution in [1.82, 2.24) is 5.32 Å². The van der Waals surface area contributed by atoms with Gasteiger partial charge >= 0.3 is 0 Å². The van der Waals surface area contributed by atoms with E-state index in [0.717, 1.165) is 12.0 Å². The van der Waals surface area contributed by atoms with E-state index in [2.05, 4.69) is 5.32 Å². The fraction of sp³-hybridized carbons (Fsp3) is 0.333. The number of nitrogens with one attached hydrogen (secondary N) is 1. The molecule has 6 nitrogen and oxygen atoms in total. The van der Waals surface area contributed by atoms with Crippen molar-refractivity contribution in [3.05, 3.63) is 54.1 Å². The van der Waals surface area contributed by atoms with E-state index in [1.54, 1.807) is 37.3 Å². The molecule has 2 aromatic carbocycles. The van der Waals surface area contributed by atoms with Crippen LogP contribution in [0.5, 0.6) is 11.5 Å². The number of rotatable bonds is 7. The number of carbonyl (C=O) groups excluding carboxylic acids is 2. The van der Waals surface area contributed by atoms with Gasteiger partial charge in [-0.2, -0.15) is 0 Å². The normalized spacial score (nSPS) is 16.3. The second-order valence-electron chi connectivity index (χ2n) is 6.43. The van der Waals surface area contributed by atoms with E-state index in [1.807, 2.05) is 30.3 Å². The molecule has 3 rings (SSSR count). The Kier molecular flexibility index (Phi) is 5.96. The summed E-state index contributed by atoms with van der Waals surface area (Å²) in [6, 6.07) is 15.2. The van der Waals surface area contributed by atoms with Crippen LogP contribution >= 0.6 is 0 Å². The third-order valence-corrected chi connectivity index (χ3v) is 4.73. The predicted molar refractivity (Wildman–Crippen MR) is 103 cm³/mol. The van der Waals surface area contributed by atoms with E-state index >= 15 is 0 Å². The molecule has 1 aliphatic rings.